The molecule has 0 aliphatic rings. The highest BCUT2D eigenvalue weighted by Gasteiger charge is 2.14. The molecular formula is C24H15ClN2OS. The monoisotopic (exact) mass is 414 g/mol. The standard InChI is InChI=1S/C24H15ClN2OS/c25-21-13-5-9-17-18(21)10-4-12-20(17)23(28)27-24-26-22(14-29-24)19-11-3-7-15-6-1-2-8-16(15)19/h1-14H,(H,26,27,28). The molecule has 0 fully saturated rings. The van der Waals surface area contributed by atoms with Crippen molar-refractivity contribution in [2.45, 2.75) is 0 Å². The minimum atomic E-state index is -0.198. The van der Waals surface area contributed by atoms with E-state index in [1.54, 1.807) is 6.07 Å². The molecule has 0 saturated heterocycles. The van der Waals surface area contributed by atoms with Crippen LogP contribution in [-0.2, 0) is 0 Å². The molecule has 29 heavy (non-hydrogen) atoms. The predicted octanol–water partition coefficient (Wildman–Crippen LogP) is 7.02. The first kappa shape index (κ1) is 17.9. The second-order valence-corrected chi connectivity index (χ2v) is 7.92. The molecule has 1 amide bonds. The van der Waals surface area contributed by atoms with Gasteiger partial charge in [-0.05, 0) is 28.3 Å². The number of halogens is 1. The Bertz CT molecular complexity index is 1370. The lowest BCUT2D eigenvalue weighted by atomic mass is 10.0. The number of rotatable bonds is 3. The number of anilines is 1. The Morgan fingerprint density at radius 1 is 0.828 bits per heavy atom. The van der Waals surface area contributed by atoms with Gasteiger partial charge in [-0.2, -0.15) is 0 Å². The molecule has 0 spiro atoms. The highest BCUT2D eigenvalue weighted by Crippen LogP contribution is 2.32. The van der Waals surface area contributed by atoms with E-state index < -0.39 is 0 Å². The van der Waals surface area contributed by atoms with E-state index in [1.807, 2.05) is 53.9 Å². The first-order chi connectivity index (χ1) is 14.2. The molecule has 140 valence electrons. The van der Waals surface area contributed by atoms with Crippen LogP contribution >= 0.6 is 22.9 Å². The van der Waals surface area contributed by atoms with Gasteiger partial charge in [-0.1, -0.05) is 78.3 Å². The van der Waals surface area contributed by atoms with Crippen LogP contribution in [-0.4, -0.2) is 10.9 Å². The Morgan fingerprint density at radius 2 is 1.55 bits per heavy atom. The molecule has 5 heteroatoms. The van der Waals surface area contributed by atoms with Crippen molar-refractivity contribution in [3.05, 3.63) is 94.8 Å². The SMILES string of the molecule is O=C(Nc1nc(-c2cccc3ccccc23)cs1)c1cccc2c(Cl)cccc12. The molecule has 0 radical (unpaired) electrons. The number of aromatic nitrogens is 1. The maximum atomic E-state index is 12.9. The van der Waals surface area contributed by atoms with Crippen molar-refractivity contribution in [3.63, 3.8) is 0 Å². The van der Waals surface area contributed by atoms with Crippen molar-refractivity contribution in [1.29, 1.82) is 0 Å². The minimum Gasteiger partial charge on any atom is -0.298 e. The summed E-state index contributed by atoms with van der Waals surface area (Å²) >= 11 is 7.69. The van der Waals surface area contributed by atoms with Crippen LogP contribution in [0.4, 0.5) is 5.13 Å². The lowest BCUT2D eigenvalue weighted by Crippen LogP contribution is -2.12. The van der Waals surface area contributed by atoms with Crippen molar-refractivity contribution in [3.8, 4) is 11.3 Å². The maximum Gasteiger partial charge on any atom is 0.258 e. The first-order valence-corrected chi connectivity index (χ1v) is 10.4. The third kappa shape index (κ3) is 3.27. The van der Waals surface area contributed by atoms with Gasteiger partial charge in [0, 0.05) is 26.9 Å². The first-order valence-electron chi connectivity index (χ1n) is 9.13. The molecule has 0 bridgehead atoms. The molecule has 1 heterocycles. The van der Waals surface area contributed by atoms with Gasteiger partial charge in [0.1, 0.15) is 0 Å². The Kier molecular flexibility index (Phi) is 4.51. The van der Waals surface area contributed by atoms with E-state index >= 15 is 0 Å². The molecule has 3 nitrogen and oxygen atoms in total. The van der Waals surface area contributed by atoms with Crippen LogP contribution in [0, 0.1) is 0 Å². The Morgan fingerprint density at radius 3 is 2.48 bits per heavy atom. The number of hydrogen-bond acceptors (Lipinski definition) is 3. The number of benzene rings is 4. The van der Waals surface area contributed by atoms with Crippen molar-refractivity contribution in [2.24, 2.45) is 0 Å². The van der Waals surface area contributed by atoms with E-state index in [-0.39, 0.29) is 5.91 Å². The largest absolute Gasteiger partial charge is 0.298 e. The molecule has 1 N–H and O–H groups in total. The normalized spacial score (nSPS) is 11.1. The van der Waals surface area contributed by atoms with Crippen LogP contribution in [0.1, 0.15) is 10.4 Å². The number of carbonyl (C=O) groups is 1. The topological polar surface area (TPSA) is 42.0 Å². The van der Waals surface area contributed by atoms with Gasteiger partial charge in [0.05, 0.1) is 5.69 Å². The van der Waals surface area contributed by atoms with Crippen LogP contribution in [0.2, 0.25) is 5.02 Å². The summed E-state index contributed by atoms with van der Waals surface area (Å²) in [4.78, 5) is 17.6. The molecule has 5 aromatic rings. The van der Waals surface area contributed by atoms with Crippen molar-refractivity contribution in [2.75, 3.05) is 5.32 Å². The third-order valence-electron chi connectivity index (χ3n) is 4.90. The number of hydrogen-bond donors (Lipinski definition) is 1. The number of carbonyl (C=O) groups excluding carboxylic acids is 1. The minimum absolute atomic E-state index is 0.198. The molecule has 5 rings (SSSR count). The van der Waals surface area contributed by atoms with E-state index in [4.69, 9.17) is 11.6 Å². The number of fused-ring (bicyclic) bond motifs is 2. The van der Waals surface area contributed by atoms with E-state index in [2.05, 4.69) is 34.6 Å². The second-order valence-electron chi connectivity index (χ2n) is 6.66. The van der Waals surface area contributed by atoms with Gasteiger partial charge in [-0.15, -0.1) is 11.3 Å². The predicted molar refractivity (Wildman–Crippen MR) is 122 cm³/mol. The van der Waals surface area contributed by atoms with E-state index in [0.717, 1.165) is 32.8 Å². The fourth-order valence-corrected chi connectivity index (χ4v) is 4.48. The van der Waals surface area contributed by atoms with Crippen LogP contribution in [0.5, 0.6) is 0 Å². The summed E-state index contributed by atoms with van der Waals surface area (Å²) in [7, 11) is 0. The van der Waals surface area contributed by atoms with E-state index in [9.17, 15) is 4.79 Å². The fourth-order valence-electron chi connectivity index (χ4n) is 3.54. The quantitative estimate of drug-likeness (QED) is 0.344. The van der Waals surface area contributed by atoms with E-state index in [1.165, 1.54) is 11.3 Å². The number of amides is 1. The Labute approximate surface area is 176 Å². The molecule has 0 aliphatic carbocycles. The van der Waals surface area contributed by atoms with Crippen LogP contribution in [0.25, 0.3) is 32.8 Å². The van der Waals surface area contributed by atoms with Crippen LogP contribution in [0.15, 0.2) is 84.2 Å². The lowest BCUT2D eigenvalue weighted by Gasteiger charge is -2.07. The van der Waals surface area contributed by atoms with Gasteiger partial charge in [-0.3, -0.25) is 10.1 Å². The highest BCUT2D eigenvalue weighted by atomic mass is 35.5. The average molecular weight is 415 g/mol. The Balaban J connectivity index is 1.48. The van der Waals surface area contributed by atoms with Gasteiger partial charge < -0.3 is 0 Å². The van der Waals surface area contributed by atoms with Crippen molar-refractivity contribution >= 4 is 55.5 Å². The highest BCUT2D eigenvalue weighted by molar-refractivity contribution is 7.14. The van der Waals surface area contributed by atoms with Crippen molar-refractivity contribution in [1.82, 2.24) is 4.98 Å². The fraction of sp³-hybridized carbons (Fsp3) is 0. The summed E-state index contributed by atoms with van der Waals surface area (Å²) in [6.07, 6.45) is 0. The summed E-state index contributed by atoms with van der Waals surface area (Å²) in [5, 5.41) is 10.1. The van der Waals surface area contributed by atoms with Gasteiger partial charge in [0.15, 0.2) is 5.13 Å². The number of thiazole rings is 1. The van der Waals surface area contributed by atoms with E-state index in [0.29, 0.717) is 15.7 Å². The Hall–Kier alpha value is -3.21. The van der Waals surface area contributed by atoms with Crippen molar-refractivity contribution < 1.29 is 4.79 Å². The van der Waals surface area contributed by atoms with Gasteiger partial charge in [0.25, 0.3) is 5.91 Å². The van der Waals surface area contributed by atoms with Gasteiger partial charge >= 0.3 is 0 Å². The summed E-state index contributed by atoms with van der Waals surface area (Å²) < 4.78 is 0. The molecule has 4 aromatic carbocycles. The molecule has 0 aliphatic heterocycles. The lowest BCUT2D eigenvalue weighted by molar-refractivity contribution is 0.102. The smallest absolute Gasteiger partial charge is 0.258 e. The van der Waals surface area contributed by atoms with Crippen LogP contribution in [0.3, 0.4) is 0 Å². The molecule has 1 aromatic heterocycles. The zero-order chi connectivity index (χ0) is 19.8. The summed E-state index contributed by atoms with van der Waals surface area (Å²) in [6, 6.07) is 25.5. The summed E-state index contributed by atoms with van der Waals surface area (Å²) in [5.41, 5.74) is 2.48. The van der Waals surface area contributed by atoms with Gasteiger partial charge in [-0.25, -0.2) is 4.98 Å². The molecular weight excluding hydrogens is 400 g/mol. The molecule has 0 saturated carbocycles. The second kappa shape index (κ2) is 7.32. The molecule has 0 unspecified atom stereocenters. The van der Waals surface area contributed by atoms with Crippen LogP contribution < -0.4 is 5.32 Å². The number of nitrogens with zero attached hydrogens (tertiary/aromatic N) is 1. The third-order valence-corrected chi connectivity index (χ3v) is 5.99. The summed E-state index contributed by atoms with van der Waals surface area (Å²) in [6.45, 7) is 0. The number of nitrogens with one attached hydrogen (secondary N) is 1. The maximum absolute atomic E-state index is 12.9. The van der Waals surface area contributed by atoms with Gasteiger partial charge in [0.2, 0.25) is 0 Å². The summed E-state index contributed by atoms with van der Waals surface area (Å²) in [5.74, 6) is -0.198. The zero-order valence-electron chi connectivity index (χ0n) is 15.2. The molecule has 0 atom stereocenters. The average Bonchev–Trinajstić information content (AvgIpc) is 3.21. The zero-order valence-corrected chi connectivity index (χ0v) is 16.8.